The lowest BCUT2D eigenvalue weighted by atomic mass is 10.3. The summed E-state index contributed by atoms with van der Waals surface area (Å²) in [6.07, 6.45) is 0. The van der Waals surface area contributed by atoms with Gasteiger partial charge in [-0.1, -0.05) is 0 Å². The molecule has 6 heteroatoms. The molecule has 1 rings (SSSR count). The molecule has 0 aliphatic rings. The molecule has 0 saturated carbocycles. The molecular formula is C11H16O5S. The van der Waals surface area contributed by atoms with Gasteiger partial charge in [-0.3, -0.25) is 0 Å². The van der Waals surface area contributed by atoms with Gasteiger partial charge in [0.2, 0.25) is 9.84 Å². The number of benzene rings is 1. The van der Waals surface area contributed by atoms with Crippen molar-refractivity contribution in [2.45, 2.75) is 23.7 Å². The third-order valence-electron chi connectivity index (χ3n) is 2.32. The molecule has 17 heavy (non-hydrogen) atoms. The first-order valence-electron chi connectivity index (χ1n) is 4.93. The van der Waals surface area contributed by atoms with Crippen molar-refractivity contribution in [2.24, 2.45) is 0 Å². The van der Waals surface area contributed by atoms with E-state index in [-0.39, 0.29) is 10.6 Å². The third kappa shape index (κ3) is 2.53. The van der Waals surface area contributed by atoms with Crippen molar-refractivity contribution in [3.63, 3.8) is 0 Å². The first-order chi connectivity index (χ1) is 7.74. The normalized spacial score (nSPS) is 12.3. The Balaban J connectivity index is 3.49. The molecule has 0 radical (unpaired) electrons. The second kappa shape index (κ2) is 4.54. The summed E-state index contributed by atoms with van der Waals surface area (Å²) in [5, 5.41) is 9.70. The van der Waals surface area contributed by atoms with Crippen LogP contribution in [-0.4, -0.2) is 32.7 Å². The second-order valence-corrected chi connectivity index (χ2v) is 6.41. The van der Waals surface area contributed by atoms with Gasteiger partial charge in [-0.2, -0.15) is 0 Å². The molecule has 0 aliphatic carbocycles. The zero-order chi connectivity index (χ0) is 13.3. The maximum atomic E-state index is 12.1. The fourth-order valence-electron chi connectivity index (χ4n) is 1.26. The molecule has 0 heterocycles. The lowest BCUT2D eigenvalue weighted by molar-refractivity contribution is 0.164. The van der Waals surface area contributed by atoms with E-state index in [4.69, 9.17) is 9.47 Å². The van der Waals surface area contributed by atoms with Crippen LogP contribution in [0.15, 0.2) is 23.1 Å². The van der Waals surface area contributed by atoms with Crippen LogP contribution in [0.25, 0.3) is 0 Å². The molecule has 0 bridgehead atoms. The van der Waals surface area contributed by atoms with Crippen LogP contribution in [0.4, 0.5) is 0 Å². The van der Waals surface area contributed by atoms with E-state index in [1.54, 1.807) is 6.07 Å². The lowest BCUT2D eigenvalue weighted by Gasteiger charge is -2.20. The Hall–Kier alpha value is -1.27. The monoisotopic (exact) mass is 260 g/mol. The summed E-state index contributed by atoms with van der Waals surface area (Å²) in [6, 6.07) is 4.39. The van der Waals surface area contributed by atoms with Crippen LogP contribution in [0, 0.1) is 0 Å². The second-order valence-electron chi connectivity index (χ2n) is 3.97. The highest BCUT2D eigenvalue weighted by atomic mass is 32.2. The Morgan fingerprint density at radius 1 is 1.18 bits per heavy atom. The number of methoxy groups -OCH3 is 2. The fourth-order valence-corrected chi connectivity index (χ4v) is 2.49. The van der Waals surface area contributed by atoms with E-state index in [2.05, 4.69) is 0 Å². The Kier molecular flexibility index (Phi) is 3.68. The summed E-state index contributed by atoms with van der Waals surface area (Å²) in [5.74, 6) is 0.557. The maximum Gasteiger partial charge on any atom is 0.211 e. The summed E-state index contributed by atoms with van der Waals surface area (Å²) >= 11 is 0. The number of ether oxygens (including phenoxy) is 2. The summed E-state index contributed by atoms with van der Waals surface area (Å²) in [4.78, 5) is -1.97. The van der Waals surface area contributed by atoms with Crippen LogP contribution >= 0.6 is 0 Å². The molecule has 0 amide bonds. The van der Waals surface area contributed by atoms with Gasteiger partial charge in [0.25, 0.3) is 0 Å². The molecule has 0 atom stereocenters. The molecule has 0 aliphatic heterocycles. The van der Waals surface area contributed by atoms with Crippen molar-refractivity contribution in [3.8, 4) is 11.5 Å². The van der Waals surface area contributed by atoms with Gasteiger partial charge in [-0.25, -0.2) is 8.42 Å². The van der Waals surface area contributed by atoms with Crippen LogP contribution in [0.5, 0.6) is 11.5 Å². The van der Waals surface area contributed by atoms with Gasteiger partial charge in [-0.15, -0.1) is 0 Å². The van der Waals surface area contributed by atoms with Gasteiger partial charge in [0.05, 0.1) is 14.2 Å². The van der Waals surface area contributed by atoms with Crippen molar-refractivity contribution in [1.82, 2.24) is 0 Å². The molecular weight excluding hydrogens is 244 g/mol. The average molecular weight is 260 g/mol. The van der Waals surface area contributed by atoms with Crippen molar-refractivity contribution in [3.05, 3.63) is 18.2 Å². The molecule has 96 valence electrons. The summed E-state index contributed by atoms with van der Waals surface area (Å²) in [7, 11) is -1.10. The van der Waals surface area contributed by atoms with E-state index in [9.17, 15) is 13.5 Å². The van der Waals surface area contributed by atoms with Crippen molar-refractivity contribution in [2.75, 3.05) is 14.2 Å². The highest BCUT2D eigenvalue weighted by molar-refractivity contribution is 7.92. The third-order valence-corrected chi connectivity index (χ3v) is 4.53. The van der Waals surface area contributed by atoms with Gasteiger partial charge < -0.3 is 14.6 Å². The molecule has 0 unspecified atom stereocenters. The first kappa shape index (κ1) is 13.8. The molecule has 1 aromatic rings. The SMILES string of the molecule is COc1ccc(OC)c(S(=O)(=O)C(C)(C)O)c1. The summed E-state index contributed by atoms with van der Waals surface area (Å²) in [5.41, 5.74) is 0. The van der Waals surface area contributed by atoms with Crippen LogP contribution in [0.2, 0.25) is 0 Å². The molecule has 0 spiro atoms. The Morgan fingerprint density at radius 2 is 1.76 bits per heavy atom. The van der Waals surface area contributed by atoms with Crippen LogP contribution in [-0.2, 0) is 9.84 Å². The van der Waals surface area contributed by atoms with Crippen LogP contribution in [0.1, 0.15) is 13.8 Å². The van der Waals surface area contributed by atoms with E-state index in [1.165, 1.54) is 40.2 Å². The Bertz CT molecular complexity index is 499. The number of hydrogen-bond acceptors (Lipinski definition) is 5. The summed E-state index contributed by atoms with van der Waals surface area (Å²) < 4.78 is 34.2. The highest BCUT2D eigenvalue weighted by Gasteiger charge is 2.35. The predicted octanol–water partition coefficient (Wildman–Crippen LogP) is 1.21. The number of rotatable bonds is 4. The fraction of sp³-hybridized carbons (Fsp3) is 0.455. The van der Waals surface area contributed by atoms with Gasteiger partial charge in [-0.05, 0) is 26.0 Å². The van der Waals surface area contributed by atoms with Gasteiger partial charge in [0.15, 0.2) is 4.93 Å². The minimum atomic E-state index is -3.90. The molecule has 1 aromatic carbocycles. The number of hydrogen-bond donors (Lipinski definition) is 1. The quantitative estimate of drug-likeness (QED) is 0.880. The molecule has 5 nitrogen and oxygen atoms in total. The van der Waals surface area contributed by atoms with Crippen LogP contribution in [0.3, 0.4) is 0 Å². The van der Waals surface area contributed by atoms with Gasteiger partial charge in [0.1, 0.15) is 16.4 Å². The maximum absolute atomic E-state index is 12.1. The zero-order valence-electron chi connectivity index (χ0n) is 10.2. The van der Waals surface area contributed by atoms with Crippen molar-refractivity contribution < 1.29 is 23.0 Å². The topological polar surface area (TPSA) is 72.8 Å². The van der Waals surface area contributed by atoms with Gasteiger partial charge in [0, 0.05) is 6.07 Å². The molecule has 0 aromatic heterocycles. The Labute approximate surface area is 101 Å². The lowest BCUT2D eigenvalue weighted by Crippen LogP contribution is -2.31. The number of aliphatic hydroxyl groups is 1. The van der Waals surface area contributed by atoms with E-state index >= 15 is 0 Å². The van der Waals surface area contributed by atoms with Crippen molar-refractivity contribution >= 4 is 9.84 Å². The van der Waals surface area contributed by atoms with E-state index in [0.29, 0.717) is 5.75 Å². The predicted molar refractivity (Wildman–Crippen MR) is 63.0 cm³/mol. The zero-order valence-corrected chi connectivity index (χ0v) is 11.0. The summed E-state index contributed by atoms with van der Waals surface area (Å²) in [6.45, 7) is 2.42. The van der Waals surface area contributed by atoms with Crippen molar-refractivity contribution in [1.29, 1.82) is 0 Å². The first-order valence-corrected chi connectivity index (χ1v) is 6.41. The number of sulfone groups is 1. The van der Waals surface area contributed by atoms with Gasteiger partial charge >= 0.3 is 0 Å². The standard InChI is InChI=1S/C11H16O5S/c1-11(2,12)17(13,14)10-7-8(15-3)5-6-9(10)16-4/h5-7,12H,1-4H3. The van der Waals surface area contributed by atoms with E-state index in [1.807, 2.05) is 0 Å². The largest absolute Gasteiger partial charge is 0.497 e. The Morgan fingerprint density at radius 3 is 2.18 bits per heavy atom. The van der Waals surface area contributed by atoms with E-state index in [0.717, 1.165) is 0 Å². The average Bonchev–Trinajstić information content (AvgIpc) is 2.26. The molecule has 0 fully saturated rings. The smallest absolute Gasteiger partial charge is 0.211 e. The minimum absolute atomic E-state index is 0.0909. The van der Waals surface area contributed by atoms with Crippen LogP contribution < -0.4 is 9.47 Å². The minimum Gasteiger partial charge on any atom is -0.497 e. The molecule has 0 saturated heterocycles. The molecule has 1 N–H and O–H groups in total. The highest BCUT2D eigenvalue weighted by Crippen LogP contribution is 2.33. The van der Waals surface area contributed by atoms with E-state index < -0.39 is 14.8 Å².